The molecule has 0 bridgehead atoms. The molecule has 2 aromatic heterocycles. The molecule has 1 saturated heterocycles. The van der Waals surface area contributed by atoms with Gasteiger partial charge in [0.05, 0.1) is 18.8 Å². The van der Waals surface area contributed by atoms with E-state index in [2.05, 4.69) is 14.9 Å². The van der Waals surface area contributed by atoms with Crippen LogP contribution >= 0.6 is 23.1 Å². The van der Waals surface area contributed by atoms with Crippen LogP contribution in [-0.2, 0) is 4.79 Å². The van der Waals surface area contributed by atoms with Crippen LogP contribution in [-0.4, -0.2) is 58.4 Å². The van der Waals surface area contributed by atoms with Gasteiger partial charge in [-0.25, -0.2) is 13.8 Å². The van der Waals surface area contributed by atoms with Crippen molar-refractivity contribution < 1.29 is 23.4 Å². The average molecular weight is 522 g/mol. The van der Waals surface area contributed by atoms with Crippen LogP contribution in [0.2, 0.25) is 0 Å². The molecule has 4 rings (SSSR count). The number of methoxy groups -OCH3 is 1. The highest BCUT2D eigenvalue weighted by Gasteiger charge is 2.32. The Morgan fingerprint density at radius 3 is 2.97 bits per heavy atom. The number of piperidine rings is 1. The van der Waals surface area contributed by atoms with Gasteiger partial charge in [-0.2, -0.15) is 0 Å². The number of carboxylic acids is 1. The Bertz CT molecular complexity index is 1130. The van der Waals surface area contributed by atoms with Crippen LogP contribution in [0.3, 0.4) is 0 Å². The topological polar surface area (TPSA) is 75.5 Å². The summed E-state index contributed by atoms with van der Waals surface area (Å²) in [5.74, 6) is -0.0832. The highest BCUT2D eigenvalue weighted by molar-refractivity contribution is 8.01. The number of aromatic nitrogens is 2. The van der Waals surface area contributed by atoms with E-state index in [1.165, 1.54) is 7.11 Å². The van der Waals surface area contributed by atoms with Gasteiger partial charge in [0.2, 0.25) is 0 Å². The minimum absolute atomic E-state index is 0.000307. The Morgan fingerprint density at radius 1 is 1.37 bits per heavy atom. The van der Waals surface area contributed by atoms with Gasteiger partial charge in [0.15, 0.2) is 0 Å². The van der Waals surface area contributed by atoms with Crippen molar-refractivity contribution in [1.82, 2.24) is 14.9 Å². The maximum atomic E-state index is 15.4. The number of carboxylic acid groups (broad SMARTS) is 1. The van der Waals surface area contributed by atoms with Crippen molar-refractivity contribution >= 4 is 40.0 Å². The number of thioether (sulfide) groups is 1. The minimum atomic E-state index is -1.51. The molecule has 188 valence electrons. The van der Waals surface area contributed by atoms with Crippen molar-refractivity contribution in [3.05, 3.63) is 47.4 Å². The van der Waals surface area contributed by atoms with Crippen molar-refractivity contribution in [3.8, 4) is 5.75 Å². The van der Waals surface area contributed by atoms with Gasteiger partial charge >= 0.3 is 5.97 Å². The highest BCUT2D eigenvalue weighted by Crippen LogP contribution is 2.37. The maximum absolute atomic E-state index is 15.4. The molecule has 0 spiro atoms. The number of rotatable bonds is 11. The summed E-state index contributed by atoms with van der Waals surface area (Å²) in [4.78, 5) is 22.2. The zero-order valence-corrected chi connectivity index (χ0v) is 21.2. The summed E-state index contributed by atoms with van der Waals surface area (Å²) in [7, 11) is 1.51. The lowest BCUT2D eigenvalue weighted by molar-refractivity contribution is -0.139. The molecular formula is C25H29F2N3O3S2. The Balaban J connectivity index is 1.39. The third-order valence-corrected chi connectivity index (χ3v) is 8.57. The number of pyridine rings is 1. The number of nitrogens with zero attached hydrogens (tertiary/aromatic N) is 3. The lowest BCUT2D eigenvalue weighted by Crippen LogP contribution is -2.42. The van der Waals surface area contributed by atoms with Crippen LogP contribution in [0.5, 0.6) is 5.75 Å². The summed E-state index contributed by atoms with van der Waals surface area (Å²) in [6.45, 7) is 2.38. The van der Waals surface area contributed by atoms with Gasteiger partial charge in [0.1, 0.15) is 22.1 Å². The summed E-state index contributed by atoms with van der Waals surface area (Å²) in [6.07, 6.45) is 2.84. The second-order valence-electron chi connectivity index (χ2n) is 8.80. The molecule has 1 fully saturated rings. The molecule has 0 amide bonds. The first-order chi connectivity index (χ1) is 16.9. The summed E-state index contributed by atoms with van der Waals surface area (Å²) in [6, 6.07) is 5.02. The molecule has 0 unspecified atom stereocenters. The van der Waals surface area contributed by atoms with Crippen LogP contribution < -0.4 is 4.74 Å². The number of carbonyl (C=O) groups is 1. The standard InChI is InChI=1S/C25H29F2N3O3S2/c1-33-18-3-5-22-19(13-18)24(21(27)14-29-22)20(26)4-2-16-6-8-30(15-17(16)12-23(31)32)9-11-35-25-28-7-10-34-25/h3,5,7,10,13-14,16-17,20H,2,4,6,8-9,11-12,15H2,1H3,(H,31,32)/t16-,17+,20+/m1/s1. The third kappa shape index (κ3) is 6.68. The zero-order chi connectivity index (χ0) is 24.8. The Kier molecular flexibility index (Phi) is 8.91. The van der Waals surface area contributed by atoms with Crippen molar-refractivity contribution in [3.63, 3.8) is 0 Å². The molecule has 3 atom stereocenters. The number of benzene rings is 1. The SMILES string of the molecule is COc1ccc2ncc(F)c([C@@H](F)CC[C@@H]3CCN(CCSc4nccs4)C[C@@H]3CC(=O)O)c2c1. The monoisotopic (exact) mass is 521 g/mol. The molecule has 3 heterocycles. The first-order valence-corrected chi connectivity index (χ1v) is 13.5. The molecule has 1 aliphatic heterocycles. The number of thiazole rings is 1. The van der Waals surface area contributed by atoms with E-state index in [1.807, 2.05) is 5.38 Å². The van der Waals surface area contributed by atoms with Crippen molar-refractivity contribution in [2.45, 2.75) is 36.2 Å². The summed E-state index contributed by atoms with van der Waals surface area (Å²) in [5.41, 5.74) is 0.512. The minimum Gasteiger partial charge on any atom is -0.497 e. The van der Waals surface area contributed by atoms with Crippen LogP contribution in [0, 0.1) is 17.7 Å². The van der Waals surface area contributed by atoms with Crippen molar-refractivity contribution in [2.24, 2.45) is 11.8 Å². The normalized spacial score (nSPS) is 19.6. The fraction of sp³-hybridized carbons (Fsp3) is 0.480. The molecule has 10 heteroatoms. The molecule has 0 aliphatic carbocycles. The van der Waals surface area contributed by atoms with Crippen LogP contribution in [0.15, 0.2) is 40.3 Å². The summed E-state index contributed by atoms with van der Waals surface area (Å²) >= 11 is 3.32. The van der Waals surface area contributed by atoms with Crippen LogP contribution in [0.25, 0.3) is 10.9 Å². The van der Waals surface area contributed by atoms with Gasteiger partial charge in [-0.3, -0.25) is 9.78 Å². The molecule has 3 aromatic rings. The number of aliphatic carboxylic acids is 1. The van der Waals surface area contributed by atoms with E-state index < -0.39 is 18.0 Å². The van der Waals surface area contributed by atoms with Gasteiger partial charge in [0.25, 0.3) is 0 Å². The number of hydrogen-bond acceptors (Lipinski definition) is 7. The molecule has 0 radical (unpaired) electrons. The number of halogens is 2. The molecule has 1 aliphatic rings. The highest BCUT2D eigenvalue weighted by atomic mass is 32.2. The van der Waals surface area contributed by atoms with E-state index in [0.717, 1.165) is 35.8 Å². The number of hydrogen-bond donors (Lipinski definition) is 1. The Morgan fingerprint density at radius 2 is 2.23 bits per heavy atom. The van der Waals surface area contributed by atoms with Crippen molar-refractivity contribution in [1.29, 1.82) is 0 Å². The van der Waals surface area contributed by atoms with E-state index >= 15 is 4.39 Å². The van der Waals surface area contributed by atoms with E-state index in [-0.39, 0.29) is 30.2 Å². The van der Waals surface area contributed by atoms with E-state index in [4.69, 9.17) is 4.74 Å². The summed E-state index contributed by atoms with van der Waals surface area (Å²) in [5, 5.41) is 11.8. The number of ether oxygens (including phenoxy) is 1. The molecule has 35 heavy (non-hydrogen) atoms. The van der Waals surface area contributed by atoms with E-state index in [9.17, 15) is 14.3 Å². The number of fused-ring (bicyclic) bond motifs is 1. The smallest absolute Gasteiger partial charge is 0.303 e. The molecule has 1 aromatic carbocycles. The zero-order valence-electron chi connectivity index (χ0n) is 19.5. The predicted molar refractivity (Wildman–Crippen MR) is 134 cm³/mol. The molecular weight excluding hydrogens is 492 g/mol. The molecule has 0 saturated carbocycles. The number of likely N-dealkylation sites (tertiary alicyclic amines) is 1. The van der Waals surface area contributed by atoms with Gasteiger partial charge in [-0.15, -0.1) is 11.3 Å². The van der Waals surface area contributed by atoms with Crippen molar-refractivity contribution in [2.75, 3.05) is 32.5 Å². The number of alkyl halides is 1. The maximum Gasteiger partial charge on any atom is 0.303 e. The largest absolute Gasteiger partial charge is 0.497 e. The Labute approximate surface area is 211 Å². The Hall–Kier alpha value is -2.30. The quantitative estimate of drug-likeness (QED) is 0.318. The van der Waals surface area contributed by atoms with Crippen LogP contribution in [0.4, 0.5) is 8.78 Å². The van der Waals surface area contributed by atoms with E-state index in [1.54, 1.807) is 47.5 Å². The van der Waals surface area contributed by atoms with Gasteiger partial charge in [-0.1, -0.05) is 11.8 Å². The van der Waals surface area contributed by atoms with Crippen LogP contribution in [0.1, 0.15) is 37.4 Å². The second kappa shape index (κ2) is 12.1. The van der Waals surface area contributed by atoms with E-state index in [0.29, 0.717) is 29.6 Å². The predicted octanol–water partition coefficient (Wildman–Crippen LogP) is 5.83. The van der Waals surface area contributed by atoms with Gasteiger partial charge in [-0.05, 0) is 55.8 Å². The lowest BCUT2D eigenvalue weighted by Gasteiger charge is -2.38. The lowest BCUT2D eigenvalue weighted by atomic mass is 9.79. The fourth-order valence-corrected chi connectivity index (χ4v) is 6.56. The average Bonchev–Trinajstić information content (AvgIpc) is 3.36. The molecule has 1 N–H and O–H groups in total. The van der Waals surface area contributed by atoms with Gasteiger partial charge < -0.3 is 14.7 Å². The molecule has 6 nitrogen and oxygen atoms in total. The third-order valence-electron chi connectivity index (χ3n) is 6.63. The second-order valence-corrected chi connectivity index (χ2v) is 11.0. The fourth-order valence-electron chi connectivity index (χ4n) is 4.86. The van der Waals surface area contributed by atoms with Gasteiger partial charge in [0, 0.05) is 47.8 Å². The summed E-state index contributed by atoms with van der Waals surface area (Å²) < 4.78 is 36.4. The first-order valence-electron chi connectivity index (χ1n) is 11.7. The first kappa shape index (κ1) is 25.8.